The van der Waals surface area contributed by atoms with Crippen molar-refractivity contribution in [1.82, 2.24) is 4.90 Å². The van der Waals surface area contributed by atoms with Gasteiger partial charge in [0.05, 0.1) is 11.6 Å². The van der Waals surface area contributed by atoms with E-state index in [0.717, 1.165) is 17.7 Å². The normalized spacial score (nSPS) is 9.80. The smallest absolute Gasteiger partial charge is 0.322 e. The van der Waals surface area contributed by atoms with E-state index in [1.807, 2.05) is 37.3 Å². The molecule has 0 unspecified atom stereocenters. The summed E-state index contributed by atoms with van der Waals surface area (Å²) >= 11 is 0. The molecule has 25 heavy (non-hydrogen) atoms. The number of aryl methyl sites for hydroxylation is 1. The first kappa shape index (κ1) is 18.0. The summed E-state index contributed by atoms with van der Waals surface area (Å²) in [6.07, 6.45) is 0.811. The molecule has 2 aromatic carbocycles. The second-order valence-corrected chi connectivity index (χ2v) is 5.53. The Morgan fingerprint density at radius 3 is 2.40 bits per heavy atom. The Morgan fingerprint density at radius 2 is 1.76 bits per heavy atom. The minimum absolute atomic E-state index is 0.0693. The molecule has 3 amide bonds. The predicted molar refractivity (Wildman–Crippen MR) is 97.3 cm³/mol. The van der Waals surface area contributed by atoms with Gasteiger partial charge in [-0.25, -0.2) is 4.79 Å². The summed E-state index contributed by atoms with van der Waals surface area (Å²) in [6.45, 7) is 1.95. The van der Waals surface area contributed by atoms with Crippen molar-refractivity contribution in [3.63, 3.8) is 0 Å². The number of amides is 3. The van der Waals surface area contributed by atoms with Gasteiger partial charge in [-0.05, 0) is 42.3 Å². The lowest BCUT2D eigenvalue weighted by Crippen LogP contribution is -2.37. The molecule has 0 aromatic heterocycles. The lowest BCUT2D eigenvalue weighted by molar-refractivity contribution is -0.116. The van der Waals surface area contributed by atoms with Crippen molar-refractivity contribution in [2.24, 2.45) is 0 Å². The van der Waals surface area contributed by atoms with Gasteiger partial charge in [0.1, 0.15) is 6.54 Å². The number of rotatable bonds is 5. The fraction of sp³-hybridized carbons (Fsp3) is 0.211. The standard InChI is InChI=1S/C19H20N4O2/c1-3-15-6-4-5-7-17(15)22-18(24)13-23(2)19(25)21-16-10-8-14(12-20)9-11-16/h4-11H,3,13H2,1-2H3,(H,21,25)(H,22,24). The Bertz CT molecular complexity index is 794. The summed E-state index contributed by atoms with van der Waals surface area (Å²) in [5, 5.41) is 14.3. The Morgan fingerprint density at radius 1 is 1.08 bits per heavy atom. The summed E-state index contributed by atoms with van der Waals surface area (Å²) in [4.78, 5) is 25.6. The van der Waals surface area contributed by atoms with Crippen molar-refractivity contribution in [1.29, 1.82) is 5.26 Å². The van der Waals surface area contributed by atoms with Gasteiger partial charge in [-0.1, -0.05) is 25.1 Å². The van der Waals surface area contributed by atoms with Crippen LogP contribution < -0.4 is 10.6 Å². The van der Waals surface area contributed by atoms with Gasteiger partial charge in [0.2, 0.25) is 5.91 Å². The zero-order valence-corrected chi connectivity index (χ0v) is 14.2. The van der Waals surface area contributed by atoms with Crippen LogP contribution in [0.25, 0.3) is 0 Å². The number of hydrogen-bond acceptors (Lipinski definition) is 3. The topological polar surface area (TPSA) is 85.2 Å². The molecule has 0 aliphatic carbocycles. The Balaban J connectivity index is 1.91. The Kier molecular flexibility index (Phi) is 6.13. The van der Waals surface area contributed by atoms with E-state index in [9.17, 15) is 9.59 Å². The van der Waals surface area contributed by atoms with Crippen molar-refractivity contribution in [2.75, 3.05) is 24.2 Å². The first-order chi connectivity index (χ1) is 12.0. The van der Waals surface area contributed by atoms with Crippen LogP contribution in [0.2, 0.25) is 0 Å². The van der Waals surface area contributed by atoms with Crippen LogP contribution in [0.1, 0.15) is 18.1 Å². The van der Waals surface area contributed by atoms with E-state index >= 15 is 0 Å². The van der Waals surface area contributed by atoms with Crippen molar-refractivity contribution >= 4 is 23.3 Å². The van der Waals surface area contributed by atoms with E-state index in [2.05, 4.69) is 10.6 Å². The van der Waals surface area contributed by atoms with E-state index in [1.54, 1.807) is 31.3 Å². The molecule has 128 valence electrons. The number of nitriles is 1. The zero-order valence-electron chi connectivity index (χ0n) is 14.2. The number of carbonyl (C=O) groups is 2. The van der Waals surface area contributed by atoms with E-state index < -0.39 is 6.03 Å². The molecule has 0 atom stereocenters. The third kappa shape index (κ3) is 5.08. The molecule has 0 saturated carbocycles. The molecule has 0 radical (unpaired) electrons. The number of carbonyl (C=O) groups excluding carboxylic acids is 2. The fourth-order valence-corrected chi connectivity index (χ4v) is 2.27. The monoisotopic (exact) mass is 336 g/mol. The van der Waals surface area contributed by atoms with Gasteiger partial charge in [-0.15, -0.1) is 0 Å². The van der Waals surface area contributed by atoms with Crippen LogP contribution in [0, 0.1) is 11.3 Å². The lowest BCUT2D eigenvalue weighted by Gasteiger charge is -2.18. The lowest BCUT2D eigenvalue weighted by atomic mass is 10.1. The maximum absolute atomic E-state index is 12.2. The van der Waals surface area contributed by atoms with Gasteiger partial charge in [-0.2, -0.15) is 5.26 Å². The maximum Gasteiger partial charge on any atom is 0.322 e. The van der Waals surface area contributed by atoms with Gasteiger partial charge in [0, 0.05) is 18.4 Å². The highest BCUT2D eigenvalue weighted by Crippen LogP contribution is 2.15. The van der Waals surface area contributed by atoms with Crippen LogP contribution in [0.4, 0.5) is 16.2 Å². The van der Waals surface area contributed by atoms with Gasteiger partial charge in [0.25, 0.3) is 0 Å². The van der Waals surface area contributed by atoms with Crippen molar-refractivity contribution in [2.45, 2.75) is 13.3 Å². The molecule has 0 spiro atoms. The number of para-hydroxylation sites is 1. The Labute approximate surface area is 147 Å². The molecular weight excluding hydrogens is 316 g/mol. The second-order valence-electron chi connectivity index (χ2n) is 5.53. The average Bonchev–Trinajstić information content (AvgIpc) is 2.62. The van der Waals surface area contributed by atoms with Gasteiger partial charge in [-0.3, -0.25) is 4.79 Å². The molecule has 6 heteroatoms. The first-order valence-electron chi connectivity index (χ1n) is 7.93. The molecule has 2 N–H and O–H groups in total. The average molecular weight is 336 g/mol. The molecule has 0 bridgehead atoms. The molecule has 0 heterocycles. The van der Waals surface area contributed by atoms with E-state index in [-0.39, 0.29) is 12.5 Å². The minimum atomic E-state index is -0.399. The van der Waals surface area contributed by atoms with E-state index in [1.165, 1.54) is 4.90 Å². The summed E-state index contributed by atoms with van der Waals surface area (Å²) in [5.74, 6) is -0.265. The number of hydrogen-bond donors (Lipinski definition) is 2. The number of urea groups is 1. The Hall–Kier alpha value is -3.33. The van der Waals surface area contributed by atoms with Crippen LogP contribution in [-0.2, 0) is 11.2 Å². The summed E-state index contributed by atoms with van der Waals surface area (Å²) < 4.78 is 0. The van der Waals surface area contributed by atoms with Gasteiger partial charge < -0.3 is 15.5 Å². The number of nitrogens with one attached hydrogen (secondary N) is 2. The minimum Gasteiger partial charge on any atom is -0.324 e. The SMILES string of the molecule is CCc1ccccc1NC(=O)CN(C)C(=O)Nc1ccc(C#N)cc1. The number of benzene rings is 2. The molecule has 6 nitrogen and oxygen atoms in total. The summed E-state index contributed by atoms with van der Waals surface area (Å²) in [7, 11) is 1.55. The van der Waals surface area contributed by atoms with Crippen LogP contribution in [0.3, 0.4) is 0 Å². The largest absolute Gasteiger partial charge is 0.324 e. The van der Waals surface area contributed by atoms with Crippen LogP contribution >= 0.6 is 0 Å². The van der Waals surface area contributed by atoms with Gasteiger partial charge >= 0.3 is 6.03 Å². The third-order valence-electron chi connectivity index (χ3n) is 3.67. The second kappa shape index (κ2) is 8.50. The quantitative estimate of drug-likeness (QED) is 0.879. The summed E-state index contributed by atoms with van der Waals surface area (Å²) in [6, 6.07) is 15.7. The zero-order chi connectivity index (χ0) is 18.2. The highest BCUT2D eigenvalue weighted by molar-refractivity contribution is 5.97. The van der Waals surface area contributed by atoms with Crippen LogP contribution in [0.15, 0.2) is 48.5 Å². The number of likely N-dealkylation sites (N-methyl/N-ethyl adjacent to an activating group) is 1. The molecule has 0 fully saturated rings. The summed E-state index contributed by atoms with van der Waals surface area (Å²) in [5.41, 5.74) is 2.88. The molecule has 2 aromatic rings. The third-order valence-corrected chi connectivity index (χ3v) is 3.67. The fourth-order valence-electron chi connectivity index (χ4n) is 2.27. The number of anilines is 2. The molecule has 0 aliphatic rings. The first-order valence-corrected chi connectivity index (χ1v) is 7.93. The van der Waals surface area contributed by atoms with Crippen molar-refractivity contribution in [3.05, 3.63) is 59.7 Å². The molecular formula is C19H20N4O2. The van der Waals surface area contributed by atoms with Crippen molar-refractivity contribution in [3.8, 4) is 6.07 Å². The van der Waals surface area contributed by atoms with Crippen LogP contribution in [-0.4, -0.2) is 30.4 Å². The number of nitrogens with zero attached hydrogens (tertiary/aromatic N) is 2. The maximum atomic E-state index is 12.2. The molecule has 0 aliphatic heterocycles. The highest BCUT2D eigenvalue weighted by Gasteiger charge is 2.14. The molecule has 0 saturated heterocycles. The van der Waals surface area contributed by atoms with E-state index in [0.29, 0.717) is 11.3 Å². The van der Waals surface area contributed by atoms with Crippen molar-refractivity contribution < 1.29 is 9.59 Å². The molecule has 2 rings (SSSR count). The van der Waals surface area contributed by atoms with Gasteiger partial charge in [0.15, 0.2) is 0 Å². The van der Waals surface area contributed by atoms with Crippen LogP contribution in [0.5, 0.6) is 0 Å². The highest BCUT2D eigenvalue weighted by atomic mass is 16.2. The predicted octanol–water partition coefficient (Wildman–Crippen LogP) is 3.22. The van der Waals surface area contributed by atoms with E-state index in [4.69, 9.17) is 5.26 Å².